The molecule has 1 saturated heterocycles. The van der Waals surface area contributed by atoms with Crippen LogP contribution in [0.15, 0.2) is 30.6 Å². The van der Waals surface area contributed by atoms with Crippen molar-refractivity contribution in [3.63, 3.8) is 0 Å². The van der Waals surface area contributed by atoms with Crippen LogP contribution in [0.25, 0.3) is 6.08 Å². The third-order valence-corrected chi connectivity index (χ3v) is 6.70. The van der Waals surface area contributed by atoms with Gasteiger partial charge in [0, 0.05) is 49.0 Å². The van der Waals surface area contributed by atoms with E-state index in [1.165, 1.54) is 17.4 Å². The lowest BCUT2D eigenvalue weighted by atomic mass is 9.93. The van der Waals surface area contributed by atoms with Crippen LogP contribution in [0, 0.1) is 12.3 Å². The number of anilines is 1. The van der Waals surface area contributed by atoms with E-state index in [9.17, 15) is 9.59 Å². The summed E-state index contributed by atoms with van der Waals surface area (Å²) < 4.78 is 11.0. The van der Waals surface area contributed by atoms with E-state index in [0.29, 0.717) is 37.5 Å². The Bertz CT molecular complexity index is 1040. The lowest BCUT2D eigenvalue weighted by Gasteiger charge is -2.26. The van der Waals surface area contributed by atoms with E-state index in [0.717, 1.165) is 34.4 Å². The van der Waals surface area contributed by atoms with Gasteiger partial charge in [-0.05, 0) is 49.0 Å². The van der Waals surface area contributed by atoms with E-state index >= 15 is 0 Å². The van der Waals surface area contributed by atoms with Gasteiger partial charge in [-0.1, -0.05) is 12.0 Å². The molecule has 0 bridgehead atoms. The second kappa shape index (κ2) is 10.4. The second-order valence-electron chi connectivity index (χ2n) is 7.76. The molecule has 32 heavy (non-hydrogen) atoms. The maximum Gasteiger partial charge on any atom is 0.407 e. The van der Waals surface area contributed by atoms with Crippen LogP contribution >= 0.6 is 11.3 Å². The van der Waals surface area contributed by atoms with Crippen LogP contribution in [0.1, 0.15) is 40.8 Å². The summed E-state index contributed by atoms with van der Waals surface area (Å²) >= 11 is 1.45. The molecule has 166 valence electrons. The van der Waals surface area contributed by atoms with E-state index < -0.39 is 0 Å². The minimum atomic E-state index is -0.381. The fourth-order valence-electron chi connectivity index (χ4n) is 3.89. The Morgan fingerprint density at radius 2 is 2.16 bits per heavy atom. The van der Waals surface area contributed by atoms with Crippen molar-refractivity contribution >= 4 is 34.4 Å². The van der Waals surface area contributed by atoms with E-state index in [4.69, 9.17) is 15.9 Å². The fourth-order valence-corrected chi connectivity index (χ4v) is 5.17. The van der Waals surface area contributed by atoms with Crippen LogP contribution in [-0.4, -0.2) is 42.3 Å². The van der Waals surface area contributed by atoms with Gasteiger partial charge in [0.15, 0.2) is 0 Å². The number of terminal acetylenes is 1. The van der Waals surface area contributed by atoms with Crippen molar-refractivity contribution in [1.82, 2.24) is 10.3 Å². The first kappa shape index (κ1) is 22.1. The molecule has 1 fully saturated rings. The Kier molecular flexibility index (Phi) is 7.20. The molecule has 2 N–H and O–H groups in total. The number of rotatable bonds is 5. The summed E-state index contributed by atoms with van der Waals surface area (Å²) in [6, 6.07) is 3.78. The monoisotopic (exact) mass is 451 g/mol. The molecule has 4 rings (SSSR count). The Balaban J connectivity index is 1.37. The lowest BCUT2D eigenvalue weighted by Crippen LogP contribution is -2.41. The molecule has 2 aliphatic rings. The Morgan fingerprint density at radius 1 is 1.31 bits per heavy atom. The Hall–Kier alpha value is -3.15. The van der Waals surface area contributed by atoms with Gasteiger partial charge in [-0.3, -0.25) is 9.78 Å². The van der Waals surface area contributed by atoms with Crippen molar-refractivity contribution in [3.8, 4) is 12.3 Å². The first-order valence-electron chi connectivity index (χ1n) is 10.7. The van der Waals surface area contributed by atoms with Crippen molar-refractivity contribution in [2.45, 2.75) is 44.2 Å². The van der Waals surface area contributed by atoms with Crippen molar-refractivity contribution < 1.29 is 19.1 Å². The van der Waals surface area contributed by atoms with Crippen LogP contribution in [0.5, 0.6) is 0 Å². The highest BCUT2D eigenvalue weighted by Crippen LogP contribution is 2.38. The molecule has 0 radical (unpaired) electrons. The van der Waals surface area contributed by atoms with E-state index in [-0.39, 0.29) is 24.1 Å². The number of hydrogen-bond acceptors (Lipinski definition) is 6. The molecule has 1 atom stereocenters. The van der Waals surface area contributed by atoms with Crippen molar-refractivity contribution in [2.75, 3.05) is 18.5 Å². The van der Waals surface area contributed by atoms with Crippen molar-refractivity contribution in [1.29, 1.82) is 0 Å². The summed E-state index contributed by atoms with van der Waals surface area (Å²) in [6.45, 7) is 1.32. The number of fused-ring (bicyclic) bond motifs is 1. The SMILES string of the molecule is C#Cc1c(NC(=O)/C=C/c2cccnc2)sc2c1CCC(OC(=O)NC1CCOCC1)C2. The average Bonchev–Trinajstić information content (AvgIpc) is 3.15. The minimum Gasteiger partial charge on any atom is -0.446 e. The maximum atomic E-state index is 12.4. The van der Waals surface area contributed by atoms with Gasteiger partial charge in [-0.2, -0.15) is 0 Å². The van der Waals surface area contributed by atoms with Gasteiger partial charge in [-0.15, -0.1) is 17.8 Å². The largest absolute Gasteiger partial charge is 0.446 e. The second-order valence-corrected chi connectivity index (χ2v) is 8.87. The maximum absolute atomic E-state index is 12.4. The number of thiophene rings is 1. The summed E-state index contributed by atoms with van der Waals surface area (Å²) in [5.41, 5.74) is 2.62. The number of hydrogen-bond donors (Lipinski definition) is 2. The Labute approximate surface area is 191 Å². The lowest BCUT2D eigenvalue weighted by molar-refractivity contribution is -0.111. The molecule has 1 aliphatic heterocycles. The zero-order chi connectivity index (χ0) is 22.3. The molecule has 0 spiro atoms. The van der Waals surface area contributed by atoms with Gasteiger partial charge in [0.25, 0.3) is 0 Å². The number of pyridine rings is 1. The molecule has 2 aromatic heterocycles. The molecule has 1 aliphatic carbocycles. The van der Waals surface area contributed by atoms with Crippen LogP contribution in [0.4, 0.5) is 9.80 Å². The van der Waals surface area contributed by atoms with Crippen LogP contribution in [0.3, 0.4) is 0 Å². The van der Waals surface area contributed by atoms with Gasteiger partial charge in [-0.25, -0.2) is 4.79 Å². The van der Waals surface area contributed by atoms with Gasteiger partial charge >= 0.3 is 6.09 Å². The molecule has 2 amide bonds. The van der Waals surface area contributed by atoms with Crippen LogP contribution in [0.2, 0.25) is 0 Å². The zero-order valence-corrected chi connectivity index (χ0v) is 18.5. The highest BCUT2D eigenvalue weighted by molar-refractivity contribution is 7.16. The summed E-state index contributed by atoms with van der Waals surface area (Å²) in [5.74, 6) is 2.47. The summed E-state index contributed by atoms with van der Waals surface area (Å²) in [7, 11) is 0. The third kappa shape index (κ3) is 5.55. The van der Waals surface area contributed by atoms with Gasteiger partial charge in [0.05, 0.1) is 5.56 Å². The predicted molar refractivity (Wildman–Crippen MR) is 123 cm³/mol. The highest BCUT2D eigenvalue weighted by Gasteiger charge is 2.28. The minimum absolute atomic E-state index is 0.103. The topological polar surface area (TPSA) is 89.5 Å². The zero-order valence-electron chi connectivity index (χ0n) is 17.6. The van der Waals surface area contributed by atoms with Gasteiger partial charge in [0.2, 0.25) is 5.91 Å². The quantitative estimate of drug-likeness (QED) is 0.536. The normalized spacial score (nSPS) is 18.5. The van der Waals surface area contributed by atoms with Crippen LogP contribution in [-0.2, 0) is 27.1 Å². The first-order chi connectivity index (χ1) is 15.6. The first-order valence-corrected chi connectivity index (χ1v) is 11.5. The molecule has 3 heterocycles. The molecule has 8 heteroatoms. The summed E-state index contributed by atoms with van der Waals surface area (Å²) in [6.07, 6.45) is 15.3. The molecule has 7 nitrogen and oxygen atoms in total. The van der Waals surface area contributed by atoms with E-state index in [2.05, 4.69) is 21.5 Å². The van der Waals surface area contributed by atoms with Gasteiger partial charge in [0.1, 0.15) is 11.1 Å². The van der Waals surface area contributed by atoms with Gasteiger partial charge < -0.3 is 20.1 Å². The van der Waals surface area contributed by atoms with E-state index in [1.807, 2.05) is 12.1 Å². The number of alkyl carbamates (subject to hydrolysis) is 1. The number of ether oxygens (including phenoxy) is 2. The average molecular weight is 452 g/mol. The number of aromatic nitrogens is 1. The number of carbonyl (C=O) groups excluding carboxylic acids is 2. The smallest absolute Gasteiger partial charge is 0.407 e. The molecular formula is C24H25N3O4S. The van der Waals surface area contributed by atoms with E-state index in [1.54, 1.807) is 18.5 Å². The highest BCUT2D eigenvalue weighted by atomic mass is 32.1. The number of carbonyl (C=O) groups is 2. The Morgan fingerprint density at radius 3 is 2.91 bits per heavy atom. The molecular weight excluding hydrogens is 426 g/mol. The standard InChI is InChI=1S/C24H25N3O4S/c1-2-19-20-7-6-18(31-24(29)26-17-9-12-30-13-10-17)14-21(20)32-23(19)27-22(28)8-5-16-4-3-11-25-15-16/h1,3-5,8,11,15,17-18H,6-7,9-10,12-14H2,(H,26,29)(H,27,28)/b8-5+. The fraction of sp³-hybridized carbons (Fsp3) is 0.375. The summed E-state index contributed by atoms with van der Waals surface area (Å²) in [5, 5.41) is 6.49. The summed E-state index contributed by atoms with van der Waals surface area (Å²) in [4.78, 5) is 29.8. The predicted octanol–water partition coefficient (Wildman–Crippen LogP) is 3.54. The van der Waals surface area contributed by atoms with Crippen molar-refractivity contribution in [3.05, 3.63) is 52.2 Å². The van der Waals surface area contributed by atoms with Crippen molar-refractivity contribution in [2.24, 2.45) is 0 Å². The third-order valence-electron chi connectivity index (χ3n) is 5.53. The molecule has 2 aromatic rings. The number of nitrogens with one attached hydrogen (secondary N) is 2. The van der Waals surface area contributed by atoms with Crippen LogP contribution < -0.4 is 10.6 Å². The number of amides is 2. The molecule has 1 unspecified atom stereocenters. The molecule has 0 saturated carbocycles. The number of nitrogens with zero attached hydrogens (tertiary/aromatic N) is 1. The molecule has 0 aromatic carbocycles.